The molecule has 4 N–H and O–H groups in total. The van der Waals surface area contributed by atoms with Gasteiger partial charge in [0.2, 0.25) is 0 Å². The molecule has 0 bridgehead atoms. The molecular weight excluding hydrogens is 767 g/mol. The highest BCUT2D eigenvalue weighted by Gasteiger charge is 2.34. The van der Waals surface area contributed by atoms with Crippen molar-refractivity contribution in [3.8, 4) is 22.8 Å². The molecule has 294 valence electrons. The van der Waals surface area contributed by atoms with Crippen LogP contribution in [0.5, 0.6) is 0 Å². The molecule has 6 heterocycles. The number of aromatic amines is 2. The number of hydrogen-bond donors (Lipinski definition) is 4. The predicted molar refractivity (Wildman–Crippen MR) is 212 cm³/mol. The number of rotatable bonds is 7. The maximum absolute atomic E-state index is 13.6. The molecule has 0 saturated heterocycles. The number of aromatic nitrogens is 10. The van der Waals surface area contributed by atoms with Crippen molar-refractivity contribution in [3.63, 3.8) is 0 Å². The van der Waals surface area contributed by atoms with E-state index in [1.807, 2.05) is 32.0 Å². The number of benzene rings is 2. The molecule has 6 aromatic heterocycles. The lowest BCUT2D eigenvalue weighted by Gasteiger charge is -2.14. The first-order valence-corrected chi connectivity index (χ1v) is 16.9. The lowest BCUT2D eigenvalue weighted by molar-refractivity contribution is -0.137. The third-order valence-electron chi connectivity index (χ3n) is 8.26. The Morgan fingerprint density at radius 1 is 0.702 bits per heavy atom. The average molecular weight is 803 g/mol. The van der Waals surface area contributed by atoms with Crippen LogP contribution in [0.4, 0.5) is 45.2 Å². The summed E-state index contributed by atoms with van der Waals surface area (Å²) in [5.74, 6) is 1.15. The number of anilines is 4. The summed E-state index contributed by atoms with van der Waals surface area (Å²) in [5, 5.41) is 21.2. The van der Waals surface area contributed by atoms with Gasteiger partial charge in [0.05, 0.1) is 33.8 Å². The Bertz CT molecular complexity index is 2680. The first-order valence-electron chi connectivity index (χ1n) is 16.6. The van der Waals surface area contributed by atoms with Crippen LogP contribution in [0.3, 0.4) is 0 Å². The van der Waals surface area contributed by atoms with Gasteiger partial charge >= 0.3 is 6.18 Å². The van der Waals surface area contributed by atoms with E-state index in [1.165, 1.54) is 30.3 Å². The molecule has 12 nitrogen and oxygen atoms in total. The highest BCUT2D eigenvalue weighted by Crippen LogP contribution is 2.36. The van der Waals surface area contributed by atoms with E-state index < -0.39 is 23.4 Å². The average Bonchev–Trinajstić information content (AvgIpc) is 3.74. The van der Waals surface area contributed by atoms with Gasteiger partial charge in [-0.25, -0.2) is 38.7 Å². The highest BCUT2D eigenvalue weighted by atomic mass is 35.5. The van der Waals surface area contributed by atoms with E-state index in [0.717, 1.165) is 41.7 Å². The van der Waals surface area contributed by atoms with Crippen molar-refractivity contribution in [3.05, 3.63) is 118 Å². The van der Waals surface area contributed by atoms with Crippen molar-refractivity contribution in [2.24, 2.45) is 0 Å². The third kappa shape index (κ3) is 8.94. The Hall–Kier alpha value is -6.62. The topological polar surface area (TPSA) is 159 Å². The van der Waals surface area contributed by atoms with Gasteiger partial charge in [-0.1, -0.05) is 63.7 Å². The first-order chi connectivity index (χ1) is 26.4. The summed E-state index contributed by atoms with van der Waals surface area (Å²) in [6, 6.07) is 16.7. The normalized spacial score (nSPS) is 11.0. The standard InChI is InChI=1S/C19H16ClFN6.C18H12F4N6.2CH4/c1-3-12-10(2)23-18(13-6-4-5-7-15(13)20)24-17(12)25-19-14-8-11(21)9-22-16(14)26-27-19;1-9-6-14(26-17-12-7-10(19)8-23-15(12)27-28-17)25-16(24-9)11-4-2-3-5-13(11)18(20,21)22;;/h4-9H,3H2,1-2H3,(H2,22,23,24,25,26,27);2-8H,1H3,(H2,23,24,25,26,27,28);2*1H4. The molecule has 0 aliphatic carbocycles. The van der Waals surface area contributed by atoms with Crippen LogP contribution in [0, 0.1) is 25.5 Å². The van der Waals surface area contributed by atoms with Crippen LogP contribution in [0.1, 0.15) is 44.3 Å². The lowest BCUT2D eigenvalue weighted by atomic mass is 10.1. The summed E-state index contributed by atoms with van der Waals surface area (Å²) < 4.78 is 67.1. The molecule has 0 radical (unpaired) electrons. The van der Waals surface area contributed by atoms with Crippen LogP contribution in [-0.2, 0) is 12.6 Å². The van der Waals surface area contributed by atoms with E-state index >= 15 is 0 Å². The quantitative estimate of drug-likeness (QED) is 0.114. The molecule has 18 heteroatoms. The van der Waals surface area contributed by atoms with Gasteiger partial charge in [-0.2, -0.15) is 23.4 Å². The minimum absolute atomic E-state index is 0. The van der Waals surface area contributed by atoms with Crippen molar-refractivity contribution >= 4 is 56.9 Å². The van der Waals surface area contributed by atoms with Crippen LogP contribution in [-0.4, -0.2) is 50.3 Å². The summed E-state index contributed by atoms with van der Waals surface area (Å²) >= 11 is 6.31. The predicted octanol–water partition coefficient (Wildman–Crippen LogP) is 10.7. The van der Waals surface area contributed by atoms with Crippen molar-refractivity contribution in [2.75, 3.05) is 10.6 Å². The number of aryl methyl sites for hydroxylation is 2. The Morgan fingerprint density at radius 3 is 1.86 bits per heavy atom. The number of pyridine rings is 2. The third-order valence-corrected chi connectivity index (χ3v) is 8.59. The van der Waals surface area contributed by atoms with E-state index in [4.69, 9.17) is 11.6 Å². The molecule has 8 rings (SSSR count). The molecule has 0 fully saturated rings. The maximum Gasteiger partial charge on any atom is 0.417 e. The van der Waals surface area contributed by atoms with Gasteiger partial charge < -0.3 is 10.6 Å². The Labute approximate surface area is 328 Å². The summed E-state index contributed by atoms with van der Waals surface area (Å²) in [7, 11) is 0. The van der Waals surface area contributed by atoms with Gasteiger partial charge in [0.25, 0.3) is 0 Å². The highest BCUT2D eigenvalue weighted by molar-refractivity contribution is 6.33. The summed E-state index contributed by atoms with van der Waals surface area (Å²) in [6.07, 6.45) is -1.64. The lowest BCUT2D eigenvalue weighted by Crippen LogP contribution is -2.09. The van der Waals surface area contributed by atoms with Crippen molar-refractivity contribution in [1.82, 2.24) is 50.3 Å². The Morgan fingerprint density at radius 2 is 1.26 bits per heavy atom. The zero-order chi connectivity index (χ0) is 38.9. The maximum atomic E-state index is 13.6. The molecule has 0 aliphatic heterocycles. The van der Waals surface area contributed by atoms with Crippen LogP contribution < -0.4 is 10.6 Å². The number of nitrogens with one attached hydrogen (secondary N) is 4. The summed E-state index contributed by atoms with van der Waals surface area (Å²) in [4.78, 5) is 25.4. The second-order valence-electron chi connectivity index (χ2n) is 12.1. The van der Waals surface area contributed by atoms with E-state index in [9.17, 15) is 22.0 Å². The number of nitrogens with zero attached hydrogens (tertiary/aromatic N) is 8. The Balaban J connectivity index is 0.000000210. The van der Waals surface area contributed by atoms with Gasteiger partial charge in [-0.15, -0.1) is 0 Å². The molecule has 2 aromatic carbocycles. The largest absolute Gasteiger partial charge is 0.417 e. The van der Waals surface area contributed by atoms with Crippen LogP contribution in [0.25, 0.3) is 44.8 Å². The molecule has 0 saturated carbocycles. The zero-order valence-electron chi connectivity index (χ0n) is 29.1. The summed E-state index contributed by atoms with van der Waals surface area (Å²) in [5.41, 5.74) is 2.75. The van der Waals surface area contributed by atoms with Gasteiger partial charge in [0, 0.05) is 34.1 Å². The molecule has 0 unspecified atom stereocenters. The molecule has 0 aliphatic rings. The minimum Gasteiger partial charge on any atom is -0.325 e. The first kappa shape index (κ1) is 41.5. The van der Waals surface area contributed by atoms with Crippen molar-refractivity contribution in [1.29, 1.82) is 0 Å². The Kier molecular flexibility index (Phi) is 12.4. The minimum atomic E-state index is -4.54. The van der Waals surface area contributed by atoms with E-state index in [-0.39, 0.29) is 37.7 Å². The monoisotopic (exact) mass is 802 g/mol. The fourth-order valence-electron chi connectivity index (χ4n) is 5.75. The number of fused-ring (bicyclic) bond motifs is 2. The van der Waals surface area contributed by atoms with E-state index in [1.54, 1.807) is 19.1 Å². The molecule has 0 spiro atoms. The van der Waals surface area contributed by atoms with Crippen molar-refractivity contribution in [2.45, 2.75) is 48.2 Å². The van der Waals surface area contributed by atoms with Crippen LogP contribution in [0.2, 0.25) is 5.02 Å². The molecule has 0 atom stereocenters. The van der Waals surface area contributed by atoms with Gasteiger partial charge in [-0.05, 0) is 50.6 Å². The molecule has 0 amide bonds. The van der Waals surface area contributed by atoms with Gasteiger partial charge in [0.1, 0.15) is 34.9 Å². The second kappa shape index (κ2) is 17.0. The van der Waals surface area contributed by atoms with Crippen molar-refractivity contribution < 1.29 is 22.0 Å². The summed E-state index contributed by atoms with van der Waals surface area (Å²) in [6.45, 7) is 5.59. The van der Waals surface area contributed by atoms with Crippen LogP contribution >= 0.6 is 11.6 Å². The fourth-order valence-corrected chi connectivity index (χ4v) is 5.97. The van der Waals surface area contributed by atoms with Gasteiger partial charge in [0.15, 0.2) is 22.9 Å². The number of alkyl halides is 3. The zero-order valence-corrected chi connectivity index (χ0v) is 29.8. The van der Waals surface area contributed by atoms with E-state index in [2.05, 4.69) is 60.9 Å². The molecule has 57 heavy (non-hydrogen) atoms. The van der Waals surface area contributed by atoms with Gasteiger partial charge in [-0.3, -0.25) is 10.2 Å². The SMILES string of the molecule is C.C.CCc1c(C)nc(-c2ccccc2Cl)nc1Nc1[nH]nc2ncc(F)cc12.Cc1cc(Nc2[nH]nc3ncc(F)cc23)nc(-c2ccccc2C(F)(F)F)n1. The van der Waals surface area contributed by atoms with Crippen LogP contribution in [0.15, 0.2) is 79.1 Å². The van der Waals surface area contributed by atoms with E-state index in [0.29, 0.717) is 50.4 Å². The number of halogens is 6. The molecule has 8 aromatic rings. The fraction of sp³-hybridized carbons (Fsp3) is 0.179. The molecular formula is C39H36ClF5N12. The number of hydrogen-bond acceptors (Lipinski definition) is 10. The number of H-pyrrole nitrogens is 2. The smallest absolute Gasteiger partial charge is 0.325 e. The second-order valence-corrected chi connectivity index (χ2v) is 12.5.